The average Bonchev–Trinajstić information content (AvgIpc) is 2.47. The van der Waals surface area contributed by atoms with Gasteiger partial charge in [0, 0.05) is 11.2 Å². The zero-order valence-electron chi connectivity index (χ0n) is 12.1. The maximum Gasteiger partial charge on any atom is 1.00 e. The summed E-state index contributed by atoms with van der Waals surface area (Å²) < 4.78 is 12.4. The van der Waals surface area contributed by atoms with Gasteiger partial charge >= 0.3 is 18.9 Å². The molecular formula is C14H20BLiO2. The molecule has 1 heterocycles. The van der Waals surface area contributed by atoms with E-state index in [1.165, 1.54) is 0 Å². The van der Waals surface area contributed by atoms with Crippen molar-refractivity contribution in [3.63, 3.8) is 0 Å². The van der Waals surface area contributed by atoms with Crippen molar-refractivity contribution in [2.75, 3.05) is 0 Å². The second-order valence-electron chi connectivity index (χ2n) is 5.67. The van der Waals surface area contributed by atoms with Crippen molar-refractivity contribution in [2.45, 2.75) is 38.9 Å². The van der Waals surface area contributed by atoms with Gasteiger partial charge in [-0.1, -0.05) is 30.3 Å². The monoisotopic (exact) mass is 238 g/mol. The van der Waals surface area contributed by atoms with Crippen LogP contribution in [0.25, 0.3) is 0 Å². The molecular weight excluding hydrogens is 218 g/mol. The second kappa shape index (κ2) is 4.91. The molecule has 1 fully saturated rings. The molecule has 0 atom stereocenters. The number of benzene rings is 1. The molecule has 0 saturated carbocycles. The topological polar surface area (TPSA) is 18.5 Å². The van der Waals surface area contributed by atoms with Gasteiger partial charge in [-0.2, -0.15) is 5.98 Å². The summed E-state index contributed by atoms with van der Waals surface area (Å²) in [4.78, 5) is 0. The predicted octanol–water partition coefficient (Wildman–Crippen LogP) is -0.331. The van der Waals surface area contributed by atoms with Crippen LogP contribution in [0.4, 0.5) is 0 Å². The van der Waals surface area contributed by atoms with Crippen LogP contribution in [0.1, 0.15) is 27.7 Å². The van der Waals surface area contributed by atoms with E-state index in [1.54, 1.807) is 5.98 Å². The summed E-state index contributed by atoms with van der Waals surface area (Å²) >= 11 is 0. The van der Waals surface area contributed by atoms with Gasteiger partial charge < -0.3 is 9.31 Å². The van der Waals surface area contributed by atoms with E-state index in [1.807, 2.05) is 30.3 Å². The van der Waals surface area contributed by atoms with Gasteiger partial charge in [0.05, 0.1) is 0 Å². The van der Waals surface area contributed by atoms with Crippen LogP contribution >= 0.6 is 0 Å². The third kappa shape index (κ3) is 2.33. The first-order valence-electron chi connectivity index (χ1n) is 6.07. The summed E-state index contributed by atoms with van der Waals surface area (Å²) in [5.41, 5.74) is 0.370. The van der Waals surface area contributed by atoms with Crippen LogP contribution in [-0.2, 0) is 9.31 Å². The normalized spacial score (nSPS) is 23.1. The van der Waals surface area contributed by atoms with E-state index in [9.17, 15) is 0 Å². The van der Waals surface area contributed by atoms with Crippen LogP contribution in [0.5, 0.6) is 0 Å². The van der Waals surface area contributed by atoms with E-state index < -0.39 is 6.55 Å². The first kappa shape index (κ1) is 15.6. The van der Waals surface area contributed by atoms with Gasteiger partial charge in [0.2, 0.25) is 0 Å². The Balaban J connectivity index is 0.00000162. The number of rotatable bonds is 2. The van der Waals surface area contributed by atoms with Crippen LogP contribution in [0.15, 0.2) is 42.9 Å². The predicted molar refractivity (Wildman–Crippen MR) is 72.4 cm³/mol. The summed E-state index contributed by atoms with van der Waals surface area (Å²) in [6.45, 7) is 10.6. The fourth-order valence-electron chi connectivity index (χ4n) is 2.27. The zero-order valence-corrected chi connectivity index (χ0v) is 12.1. The minimum atomic E-state index is -1.58. The van der Waals surface area contributed by atoms with Crippen LogP contribution < -0.4 is 24.3 Å². The van der Waals surface area contributed by atoms with E-state index in [-0.39, 0.29) is 30.1 Å². The summed E-state index contributed by atoms with van der Waals surface area (Å²) in [7, 11) is 0. The summed E-state index contributed by atoms with van der Waals surface area (Å²) in [6.07, 6.45) is 0. The molecule has 92 valence electrons. The van der Waals surface area contributed by atoms with Gasteiger partial charge in [0.25, 0.3) is 6.55 Å². The Bertz CT molecular complexity index is 413. The molecule has 0 amide bonds. The van der Waals surface area contributed by atoms with Crippen molar-refractivity contribution in [1.82, 2.24) is 0 Å². The maximum absolute atomic E-state index is 6.21. The molecule has 2 nitrogen and oxygen atoms in total. The second-order valence-corrected chi connectivity index (χ2v) is 5.67. The van der Waals surface area contributed by atoms with Gasteiger partial charge in [-0.15, -0.1) is 12.0 Å². The molecule has 1 saturated heterocycles. The smallest absolute Gasteiger partial charge is 0.555 e. The first-order valence-corrected chi connectivity index (χ1v) is 6.07. The van der Waals surface area contributed by atoms with Crippen molar-refractivity contribution in [2.24, 2.45) is 0 Å². The van der Waals surface area contributed by atoms with E-state index in [4.69, 9.17) is 9.31 Å². The summed E-state index contributed by atoms with van der Waals surface area (Å²) in [5, 5.41) is 0. The fourth-order valence-corrected chi connectivity index (χ4v) is 2.27. The van der Waals surface area contributed by atoms with Gasteiger partial charge in [-0.25, -0.2) is 0 Å². The Hall–Kier alpha value is -0.458. The molecule has 1 aliphatic heterocycles. The molecule has 0 N–H and O–H groups in total. The Kier molecular flexibility index (Phi) is 4.25. The molecule has 18 heavy (non-hydrogen) atoms. The number of hydrogen-bond acceptors (Lipinski definition) is 2. The quantitative estimate of drug-likeness (QED) is 0.657. The third-order valence-electron chi connectivity index (χ3n) is 3.96. The molecule has 4 heteroatoms. The van der Waals surface area contributed by atoms with Crippen molar-refractivity contribution in [1.29, 1.82) is 0 Å². The van der Waals surface area contributed by atoms with Crippen LogP contribution in [0.2, 0.25) is 0 Å². The van der Waals surface area contributed by atoms with Crippen molar-refractivity contribution < 1.29 is 28.2 Å². The van der Waals surface area contributed by atoms with Crippen molar-refractivity contribution >= 4 is 12.0 Å². The summed E-state index contributed by atoms with van der Waals surface area (Å²) in [6, 6.07) is 10.0. The molecule has 0 aliphatic carbocycles. The maximum atomic E-state index is 6.21. The number of hydrogen-bond donors (Lipinski definition) is 0. The zero-order chi connectivity index (χ0) is 12.7. The standard InChI is InChI=1S/C14H20BO2.Li/c1-6-15(12-10-8-7-9-11-12)16-13(2,3)14(4,5)17-15;/h6-11H,1H2,2-5H3;/q-1;+1. The Labute approximate surface area is 122 Å². The molecule has 1 aromatic rings. The molecule has 1 aliphatic rings. The summed E-state index contributed by atoms with van der Waals surface area (Å²) in [5.74, 6) is 1.80. The van der Waals surface area contributed by atoms with Crippen molar-refractivity contribution in [3.05, 3.63) is 42.9 Å². The Morgan fingerprint density at radius 1 is 1.00 bits per heavy atom. The molecule has 0 spiro atoms. The molecule has 0 unspecified atom stereocenters. The Morgan fingerprint density at radius 2 is 1.44 bits per heavy atom. The average molecular weight is 238 g/mol. The van der Waals surface area contributed by atoms with Crippen LogP contribution in [0.3, 0.4) is 0 Å². The van der Waals surface area contributed by atoms with E-state index >= 15 is 0 Å². The van der Waals surface area contributed by atoms with Gasteiger partial charge in [0.1, 0.15) is 0 Å². The largest absolute Gasteiger partial charge is 1.00 e. The van der Waals surface area contributed by atoms with Crippen molar-refractivity contribution in [3.8, 4) is 0 Å². The fraction of sp³-hybridized carbons (Fsp3) is 0.429. The molecule has 0 aromatic heterocycles. The van der Waals surface area contributed by atoms with Crippen LogP contribution in [0, 0.1) is 0 Å². The van der Waals surface area contributed by atoms with E-state index in [2.05, 4.69) is 34.3 Å². The molecule has 2 rings (SSSR count). The van der Waals surface area contributed by atoms with Gasteiger partial charge in [-0.05, 0) is 27.7 Å². The first-order chi connectivity index (χ1) is 7.83. The van der Waals surface area contributed by atoms with E-state index in [0.717, 1.165) is 5.46 Å². The molecule has 1 aromatic carbocycles. The van der Waals surface area contributed by atoms with E-state index in [0.29, 0.717) is 0 Å². The minimum Gasteiger partial charge on any atom is -0.555 e. The van der Waals surface area contributed by atoms with Gasteiger partial charge in [-0.3, -0.25) is 0 Å². The SMILES string of the molecule is C=C[B-]1(c2ccccc2)OC(C)(C)C(C)(C)O1.[Li+]. The van der Waals surface area contributed by atoms with Crippen LogP contribution in [-0.4, -0.2) is 17.8 Å². The van der Waals surface area contributed by atoms with Gasteiger partial charge in [0.15, 0.2) is 0 Å². The third-order valence-corrected chi connectivity index (χ3v) is 3.96. The Morgan fingerprint density at radius 3 is 1.83 bits per heavy atom. The molecule has 0 radical (unpaired) electrons. The molecule has 0 bridgehead atoms. The minimum absolute atomic E-state index is 0.